The fraction of sp³-hybridized carbons (Fsp3) is 0.619. The van der Waals surface area contributed by atoms with Gasteiger partial charge in [0.25, 0.3) is 0 Å². The van der Waals surface area contributed by atoms with Crippen LogP contribution in [0.1, 0.15) is 51.4 Å². The largest absolute Gasteiger partial charge is 0.356 e. The van der Waals surface area contributed by atoms with Gasteiger partial charge in [-0.1, -0.05) is 6.07 Å². The standard InChI is InChI=1S/C21H27IN2O2/c22-17-3-1-4-18(10-17)24-19(25)5-2-6-23-20(26)21-11-14-7-15(12-21)9-16(8-14)13-21/h1,3-4,10,14-16H,2,5-9,11-13H2,(H,23,26)(H,24,25). The zero-order valence-electron chi connectivity index (χ0n) is 15.1. The Morgan fingerprint density at radius 3 is 2.35 bits per heavy atom. The van der Waals surface area contributed by atoms with Crippen LogP contribution >= 0.6 is 22.6 Å². The highest BCUT2D eigenvalue weighted by molar-refractivity contribution is 14.1. The van der Waals surface area contributed by atoms with E-state index in [0.29, 0.717) is 19.4 Å². The topological polar surface area (TPSA) is 58.2 Å². The van der Waals surface area contributed by atoms with Crippen LogP contribution in [0.3, 0.4) is 0 Å². The number of halogens is 1. The van der Waals surface area contributed by atoms with E-state index in [4.69, 9.17) is 0 Å². The Hall–Kier alpha value is -1.11. The molecule has 0 aliphatic heterocycles. The molecular weight excluding hydrogens is 439 g/mol. The van der Waals surface area contributed by atoms with E-state index in [1.807, 2.05) is 24.3 Å². The Bertz CT molecular complexity index is 668. The second-order valence-electron chi connectivity index (χ2n) is 8.62. The van der Waals surface area contributed by atoms with Gasteiger partial charge in [-0.25, -0.2) is 0 Å². The van der Waals surface area contributed by atoms with Gasteiger partial charge >= 0.3 is 0 Å². The predicted octanol–water partition coefficient (Wildman–Crippen LogP) is 4.34. The lowest BCUT2D eigenvalue weighted by molar-refractivity contribution is -0.146. The molecule has 0 atom stereocenters. The fourth-order valence-electron chi connectivity index (χ4n) is 5.82. The lowest BCUT2D eigenvalue weighted by Gasteiger charge is -2.55. The van der Waals surface area contributed by atoms with Crippen LogP contribution < -0.4 is 10.6 Å². The summed E-state index contributed by atoms with van der Waals surface area (Å²) in [6.45, 7) is 0.598. The van der Waals surface area contributed by atoms with Crippen molar-refractivity contribution in [2.45, 2.75) is 51.4 Å². The monoisotopic (exact) mass is 466 g/mol. The van der Waals surface area contributed by atoms with Gasteiger partial charge in [-0.3, -0.25) is 9.59 Å². The van der Waals surface area contributed by atoms with Crippen molar-refractivity contribution in [2.24, 2.45) is 23.2 Å². The van der Waals surface area contributed by atoms with Crippen molar-refractivity contribution >= 4 is 40.1 Å². The summed E-state index contributed by atoms with van der Waals surface area (Å²) in [6, 6.07) is 7.78. The van der Waals surface area contributed by atoms with Crippen molar-refractivity contribution in [3.63, 3.8) is 0 Å². The van der Waals surface area contributed by atoms with Crippen LogP contribution in [-0.4, -0.2) is 18.4 Å². The molecule has 2 amide bonds. The fourth-order valence-corrected chi connectivity index (χ4v) is 6.36. The molecule has 4 aliphatic rings. The van der Waals surface area contributed by atoms with E-state index >= 15 is 0 Å². The molecule has 0 radical (unpaired) electrons. The highest BCUT2D eigenvalue weighted by Gasteiger charge is 2.54. The van der Waals surface area contributed by atoms with E-state index in [2.05, 4.69) is 33.2 Å². The molecule has 26 heavy (non-hydrogen) atoms. The number of rotatable bonds is 6. The number of benzene rings is 1. The molecule has 4 fully saturated rings. The summed E-state index contributed by atoms with van der Waals surface area (Å²) in [6.07, 6.45) is 8.47. The molecule has 4 bridgehead atoms. The first-order valence-electron chi connectivity index (χ1n) is 9.86. The number of carbonyl (C=O) groups excluding carboxylic acids is 2. The maximum Gasteiger partial charge on any atom is 0.226 e. The Morgan fingerprint density at radius 2 is 1.73 bits per heavy atom. The molecule has 0 heterocycles. The number of hydrogen-bond acceptors (Lipinski definition) is 2. The number of nitrogens with one attached hydrogen (secondary N) is 2. The molecule has 5 rings (SSSR count). The highest BCUT2D eigenvalue weighted by atomic mass is 127. The molecule has 4 nitrogen and oxygen atoms in total. The number of carbonyl (C=O) groups is 2. The Kier molecular flexibility index (Phi) is 5.26. The second-order valence-corrected chi connectivity index (χ2v) is 9.86. The lowest BCUT2D eigenvalue weighted by Crippen LogP contribution is -2.53. The summed E-state index contributed by atoms with van der Waals surface area (Å²) < 4.78 is 1.10. The van der Waals surface area contributed by atoms with Crippen molar-refractivity contribution in [3.05, 3.63) is 27.8 Å². The minimum Gasteiger partial charge on any atom is -0.356 e. The number of anilines is 1. The third-order valence-corrected chi connectivity index (χ3v) is 7.17. The molecule has 140 valence electrons. The van der Waals surface area contributed by atoms with E-state index in [9.17, 15) is 9.59 Å². The average molecular weight is 466 g/mol. The normalized spacial score (nSPS) is 31.7. The maximum absolute atomic E-state index is 12.9. The highest BCUT2D eigenvalue weighted by Crippen LogP contribution is 2.60. The number of hydrogen-bond donors (Lipinski definition) is 2. The van der Waals surface area contributed by atoms with Crippen molar-refractivity contribution in [1.29, 1.82) is 0 Å². The van der Waals surface area contributed by atoms with Gasteiger partial charge in [0, 0.05) is 27.6 Å². The van der Waals surface area contributed by atoms with Crippen molar-refractivity contribution < 1.29 is 9.59 Å². The SMILES string of the molecule is O=C(CCCNC(=O)C12CC3CC(CC(C3)C1)C2)Nc1cccc(I)c1. The van der Waals surface area contributed by atoms with Gasteiger partial charge in [0.15, 0.2) is 0 Å². The molecule has 5 heteroatoms. The Balaban J connectivity index is 1.21. The van der Waals surface area contributed by atoms with E-state index in [0.717, 1.165) is 46.3 Å². The van der Waals surface area contributed by atoms with Crippen LogP contribution in [-0.2, 0) is 9.59 Å². The summed E-state index contributed by atoms with van der Waals surface area (Å²) in [5, 5.41) is 6.07. The molecule has 1 aromatic carbocycles. The van der Waals surface area contributed by atoms with Crippen LogP contribution in [0.4, 0.5) is 5.69 Å². The Labute approximate surface area is 169 Å². The summed E-state index contributed by atoms with van der Waals surface area (Å²) in [4.78, 5) is 24.9. The summed E-state index contributed by atoms with van der Waals surface area (Å²) in [7, 11) is 0. The Morgan fingerprint density at radius 1 is 1.08 bits per heavy atom. The maximum atomic E-state index is 12.9. The third kappa shape index (κ3) is 3.92. The van der Waals surface area contributed by atoms with Gasteiger partial charge in [-0.2, -0.15) is 0 Å². The van der Waals surface area contributed by atoms with Gasteiger partial charge in [-0.05, 0) is 103 Å². The minimum atomic E-state index is -0.0856. The second kappa shape index (κ2) is 7.49. The first-order valence-corrected chi connectivity index (χ1v) is 10.9. The van der Waals surface area contributed by atoms with Crippen LogP contribution in [0.25, 0.3) is 0 Å². The smallest absolute Gasteiger partial charge is 0.226 e. The van der Waals surface area contributed by atoms with Crippen molar-refractivity contribution in [3.8, 4) is 0 Å². The molecule has 0 saturated heterocycles. The minimum absolute atomic E-state index is 0.0102. The third-order valence-electron chi connectivity index (χ3n) is 6.49. The van der Waals surface area contributed by atoms with E-state index < -0.39 is 0 Å². The van der Waals surface area contributed by atoms with Crippen molar-refractivity contribution in [1.82, 2.24) is 5.32 Å². The summed E-state index contributed by atoms with van der Waals surface area (Å²) in [5.41, 5.74) is 0.747. The molecular formula is C21H27IN2O2. The molecule has 0 aromatic heterocycles. The molecule has 0 spiro atoms. The van der Waals surface area contributed by atoms with Crippen LogP contribution in [0.15, 0.2) is 24.3 Å². The van der Waals surface area contributed by atoms with Crippen LogP contribution in [0, 0.1) is 26.7 Å². The van der Waals surface area contributed by atoms with E-state index in [-0.39, 0.29) is 17.2 Å². The van der Waals surface area contributed by atoms with Crippen LogP contribution in [0.5, 0.6) is 0 Å². The zero-order valence-corrected chi connectivity index (χ0v) is 17.3. The molecule has 4 aliphatic carbocycles. The molecule has 4 saturated carbocycles. The lowest BCUT2D eigenvalue weighted by atomic mass is 9.49. The van der Waals surface area contributed by atoms with Gasteiger partial charge in [-0.15, -0.1) is 0 Å². The first-order chi connectivity index (χ1) is 12.5. The van der Waals surface area contributed by atoms with Gasteiger partial charge < -0.3 is 10.6 Å². The quantitative estimate of drug-likeness (QED) is 0.484. The number of amides is 2. The van der Waals surface area contributed by atoms with Crippen molar-refractivity contribution in [2.75, 3.05) is 11.9 Å². The predicted molar refractivity (Wildman–Crippen MR) is 111 cm³/mol. The van der Waals surface area contributed by atoms with E-state index in [1.165, 1.54) is 19.3 Å². The zero-order chi connectivity index (χ0) is 18.1. The molecule has 0 unspecified atom stereocenters. The van der Waals surface area contributed by atoms with E-state index in [1.54, 1.807) is 0 Å². The summed E-state index contributed by atoms with van der Waals surface area (Å²) in [5.74, 6) is 2.62. The van der Waals surface area contributed by atoms with Gasteiger partial charge in [0.2, 0.25) is 11.8 Å². The van der Waals surface area contributed by atoms with Crippen LogP contribution in [0.2, 0.25) is 0 Å². The average Bonchev–Trinajstić information content (AvgIpc) is 2.57. The first kappa shape index (κ1) is 18.3. The van der Waals surface area contributed by atoms with Gasteiger partial charge in [0.05, 0.1) is 0 Å². The molecule has 2 N–H and O–H groups in total. The van der Waals surface area contributed by atoms with Gasteiger partial charge in [0.1, 0.15) is 0 Å². The summed E-state index contributed by atoms with van der Waals surface area (Å²) >= 11 is 2.23. The molecule has 1 aromatic rings.